The molecule has 0 aliphatic carbocycles. The van der Waals surface area contributed by atoms with E-state index < -0.39 is 24.6 Å². The standard InChI is InChI=1S/C6H12O5/c1-10-6(3-7)5(9)4(8)2-11-6/h4-5,7-9H,2-3H2,1H3/t4-,5+,6+/m1/s1. The van der Waals surface area contributed by atoms with E-state index in [4.69, 9.17) is 19.7 Å². The van der Waals surface area contributed by atoms with E-state index >= 15 is 0 Å². The number of aliphatic hydroxyl groups excluding tert-OH is 3. The predicted molar refractivity (Wildman–Crippen MR) is 34.8 cm³/mol. The normalized spacial score (nSPS) is 44.7. The molecule has 0 spiro atoms. The van der Waals surface area contributed by atoms with Gasteiger partial charge in [0.2, 0.25) is 5.79 Å². The molecule has 1 saturated heterocycles. The Bertz CT molecular complexity index is 133. The summed E-state index contributed by atoms with van der Waals surface area (Å²) >= 11 is 0. The van der Waals surface area contributed by atoms with Crippen molar-refractivity contribution in [1.29, 1.82) is 0 Å². The van der Waals surface area contributed by atoms with Crippen molar-refractivity contribution in [1.82, 2.24) is 0 Å². The van der Waals surface area contributed by atoms with Crippen molar-refractivity contribution in [3.63, 3.8) is 0 Å². The van der Waals surface area contributed by atoms with Crippen molar-refractivity contribution >= 4 is 0 Å². The minimum Gasteiger partial charge on any atom is -0.391 e. The van der Waals surface area contributed by atoms with Gasteiger partial charge >= 0.3 is 0 Å². The van der Waals surface area contributed by atoms with Gasteiger partial charge in [-0.2, -0.15) is 0 Å². The fraction of sp³-hybridized carbons (Fsp3) is 1.00. The summed E-state index contributed by atoms with van der Waals surface area (Å²) in [6.45, 7) is -0.489. The summed E-state index contributed by atoms with van der Waals surface area (Å²) in [5, 5.41) is 27.1. The second-order valence-corrected chi connectivity index (χ2v) is 2.50. The van der Waals surface area contributed by atoms with E-state index in [0.29, 0.717) is 0 Å². The fourth-order valence-corrected chi connectivity index (χ4v) is 1.08. The van der Waals surface area contributed by atoms with Crippen LogP contribution in [0.15, 0.2) is 0 Å². The molecule has 0 aromatic rings. The minimum absolute atomic E-state index is 0.0183. The molecule has 3 atom stereocenters. The maximum Gasteiger partial charge on any atom is 0.220 e. The zero-order chi connectivity index (χ0) is 8.48. The summed E-state index contributed by atoms with van der Waals surface area (Å²) in [7, 11) is 1.30. The highest BCUT2D eigenvalue weighted by molar-refractivity contribution is 4.90. The zero-order valence-electron chi connectivity index (χ0n) is 6.23. The highest BCUT2D eigenvalue weighted by Gasteiger charge is 2.49. The van der Waals surface area contributed by atoms with Gasteiger partial charge in [0, 0.05) is 7.11 Å². The van der Waals surface area contributed by atoms with Gasteiger partial charge in [0.1, 0.15) is 18.8 Å². The van der Waals surface area contributed by atoms with E-state index in [1.807, 2.05) is 0 Å². The monoisotopic (exact) mass is 164 g/mol. The molecule has 3 N–H and O–H groups in total. The Morgan fingerprint density at radius 1 is 1.64 bits per heavy atom. The van der Waals surface area contributed by atoms with Crippen molar-refractivity contribution in [3.8, 4) is 0 Å². The quantitative estimate of drug-likeness (QED) is 0.443. The molecule has 0 aromatic heterocycles. The van der Waals surface area contributed by atoms with Crippen LogP contribution in [0.4, 0.5) is 0 Å². The zero-order valence-corrected chi connectivity index (χ0v) is 6.23. The van der Waals surface area contributed by atoms with Crippen LogP contribution in [0.2, 0.25) is 0 Å². The number of ether oxygens (including phenoxy) is 2. The van der Waals surface area contributed by atoms with Gasteiger partial charge in [0.15, 0.2) is 0 Å². The van der Waals surface area contributed by atoms with E-state index in [1.165, 1.54) is 7.11 Å². The first-order valence-electron chi connectivity index (χ1n) is 3.32. The van der Waals surface area contributed by atoms with E-state index in [9.17, 15) is 5.11 Å². The van der Waals surface area contributed by atoms with Crippen LogP contribution in [-0.2, 0) is 9.47 Å². The number of methoxy groups -OCH3 is 1. The Labute approximate surface area is 64.2 Å². The number of hydrogen-bond donors (Lipinski definition) is 3. The molecule has 1 fully saturated rings. The van der Waals surface area contributed by atoms with Crippen LogP contribution in [0.5, 0.6) is 0 Å². The maximum atomic E-state index is 9.25. The van der Waals surface area contributed by atoms with Gasteiger partial charge in [-0.25, -0.2) is 0 Å². The number of rotatable bonds is 2. The van der Waals surface area contributed by atoms with Gasteiger partial charge in [0.05, 0.1) is 6.61 Å². The average molecular weight is 164 g/mol. The summed E-state index contributed by atoms with van der Waals surface area (Å²) < 4.78 is 9.64. The van der Waals surface area contributed by atoms with Crippen molar-refractivity contribution in [2.75, 3.05) is 20.3 Å². The molecule has 11 heavy (non-hydrogen) atoms. The van der Waals surface area contributed by atoms with Gasteiger partial charge in [-0.1, -0.05) is 0 Å². The molecule has 1 heterocycles. The van der Waals surface area contributed by atoms with Crippen molar-refractivity contribution in [3.05, 3.63) is 0 Å². The van der Waals surface area contributed by atoms with Crippen LogP contribution in [0.3, 0.4) is 0 Å². The van der Waals surface area contributed by atoms with Crippen LogP contribution < -0.4 is 0 Å². The van der Waals surface area contributed by atoms with Crippen molar-refractivity contribution < 1.29 is 24.8 Å². The summed E-state index contributed by atoms with van der Waals surface area (Å²) in [4.78, 5) is 0. The first-order chi connectivity index (χ1) is 5.16. The maximum absolute atomic E-state index is 9.25. The summed E-state index contributed by atoms with van der Waals surface area (Å²) in [6, 6.07) is 0. The molecule has 0 unspecified atom stereocenters. The Hall–Kier alpha value is -0.200. The highest BCUT2D eigenvalue weighted by Crippen LogP contribution is 2.26. The predicted octanol–water partition coefficient (Wildman–Crippen LogP) is -1.93. The third kappa shape index (κ3) is 1.25. The first-order valence-corrected chi connectivity index (χ1v) is 3.32. The minimum atomic E-state index is -1.43. The Kier molecular flexibility index (Phi) is 2.46. The number of aliphatic hydroxyl groups is 3. The summed E-state index contributed by atoms with van der Waals surface area (Å²) in [5.74, 6) is -1.43. The van der Waals surface area contributed by atoms with E-state index in [0.717, 1.165) is 0 Å². The van der Waals surface area contributed by atoms with Crippen LogP contribution in [0, 0.1) is 0 Å². The van der Waals surface area contributed by atoms with Gasteiger partial charge in [-0.3, -0.25) is 0 Å². The molecule has 5 nitrogen and oxygen atoms in total. The third-order valence-electron chi connectivity index (χ3n) is 1.88. The highest BCUT2D eigenvalue weighted by atomic mass is 16.7. The Balaban J connectivity index is 2.69. The molecule has 0 amide bonds. The molecule has 1 rings (SSSR count). The molecule has 0 saturated carbocycles. The largest absolute Gasteiger partial charge is 0.391 e. The van der Waals surface area contributed by atoms with Crippen LogP contribution in [-0.4, -0.2) is 53.6 Å². The SMILES string of the molecule is CO[C@@]1(CO)OC[C@@H](O)[C@@H]1O. The molecule has 1 aliphatic heterocycles. The van der Waals surface area contributed by atoms with Crippen molar-refractivity contribution in [2.45, 2.75) is 18.0 Å². The summed E-state index contributed by atoms with van der Waals surface area (Å²) in [5.41, 5.74) is 0. The molecule has 5 heteroatoms. The van der Waals surface area contributed by atoms with E-state index in [2.05, 4.69) is 0 Å². The topological polar surface area (TPSA) is 79.2 Å². The van der Waals surface area contributed by atoms with Gasteiger partial charge in [-0.05, 0) is 0 Å². The molecular weight excluding hydrogens is 152 g/mol. The molecule has 66 valence electrons. The van der Waals surface area contributed by atoms with Crippen molar-refractivity contribution in [2.24, 2.45) is 0 Å². The lowest BCUT2D eigenvalue weighted by molar-refractivity contribution is -0.251. The van der Waals surface area contributed by atoms with Gasteiger partial charge in [-0.15, -0.1) is 0 Å². The van der Waals surface area contributed by atoms with Crippen LogP contribution in [0.25, 0.3) is 0 Å². The Morgan fingerprint density at radius 3 is 2.45 bits per heavy atom. The molecule has 0 aromatic carbocycles. The second-order valence-electron chi connectivity index (χ2n) is 2.50. The molecular formula is C6H12O5. The van der Waals surface area contributed by atoms with Gasteiger partial charge in [0.25, 0.3) is 0 Å². The van der Waals surface area contributed by atoms with E-state index in [-0.39, 0.29) is 6.61 Å². The smallest absolute Gasteiger partial charge is 0.220 e. The average Bonchev–Trinajstić information content (AvgIpc) is 2.32. The second kappa shape index (κ2) is 3.04. The van der Waals surface area contributed by atoms with Crippen LogP contribution in [0.1, 0.15) is 0 Å². The lowest BCUT2D eigenvalue weighted by Crippen LogP contribution is -2.47. The third-order valence-corrected chi connectivity index (χ3v) is 1.88. The lowest BCUT2D eigenvalue weighted by atomic mass is 10.1. The molecule has 0 radical (unpaired) electrons. The van der Waals surface area contributed by atoms with E-state index in [1.54, 1.807) is 0 Å². The summed E-state index contributed by atoms with van der Waals surface area (Å²) in [6.07, 6.45) is -2.17. The fourth-order valence-electron chi connectivity index (χ4n) is 1.08. The first kappa shape index (κ1) is 8.89. The lowest BCUT2D eigenvalue weighted by Gasteiger charge is -2.27. The van der Waals surface area contributed by atoms with Gasteiger partial charge < -0.3 is 24.8 Å². The Morgan fingerprint density at radius 2 is 2.27 bits per heavy atom. The molecule has 1 aliphatic rings. The van der Waals surface area contributed by atoms with Crippen LogP contribution >= 0.6 is 0 Å². The number of hydrogen-bond acceptors (Lipinski definition) is 5. The molecule has 0 bridgehead atoms.